The van der Waals surface area contributed by atoms with Gasteiger partial charge in [-0.05, 0) is 44.2 Å². The predicted octanol–water partition coefficient (Wildman–Crippen LogP) is 1.55. The van der Waals surface area contributed by atoms with Crippen molar-refractivity contribution in [1.82, 2.24) is 4.98 Å². The number of aryl methyl sites for hydroxylation is 1. The summed E-state index contributed by atoms with van der Waals surface area (Å²) in [5.41, 5.74) is 7.28. The van der Waals surface area contributed by atoms with Crippen LogP contribution in [0, 0.1) is 12.8 Å². The van der Waals surface area contributed by atoms with Crippen LogP contribution < -0.4 is 11.1 Å². The Labute approximate surface area is 95.9 Å². The summed E-state index contributed by atoms with van der Waals surface area (Å²) >= 11 is 0. The molecule has 1 heterocycles. The molecule has 1 saturated carbocycles. The summed E-state index contributed by atoms with van der Waals surface area (Å²) in [7, 11) is 0. The van der Waals surface area contributed by atoms with Gasteiger partial charge in [-0.2, -0.15) is 0 Å². The second-order valence-corrected chi connectivity index (χ2v) is 4.58. The molecule has 2 atom stereocenters. The van der Waals surface area contributed by atoms with Crippen molar-refractivity contribution in [2.45, 2.75) is 32.3 Å². The molecule has 0 spiro atoms. The number of nitrogens with one attached hydrogen (secondary N) is 1. The number of rotatable bonds is 3. The van der Waals surface area contributed by atoms with Crippen LogP contribution in [0.3, 0.4) is 0 Å². The third-order valence-corrected chi connectivity index (χ3v) is 3.21. The largest absolute Gasteiger partial charge is 0.397 e. The molecule has 4 nitrogen and oxygen atoms in total. The molecular weight excluding hydrogens is 202 g/mol. The smallest absolute Gasteiger partial charge is 0.126 e. The van der Waals surface area contributed by atoms with Crippen LogP contribution in [0.1, 0.15) is 25.0 Å². The lowest BCUT2D eigenvalue weighted by Gasteiger charge is -2.12. The standard InChI is InChI=1S/C12H19N3O/c1-8-11(13)4-5-12(15-8)14-7-9-2-3-10(16)6-9/h4-5,9-10,16H,2-3,6-7,13H2,1H3,(H,14,15). The molecular formula is C12H19N3O. The first-order valence-corrected chi connectivity index (χ1v) is 5.80. The molecule has 4 N–H and O–H groups in total. The Morgan fingerprint density at radius 1 is 1.50 bits per heavy atom. The number of pyridine rings is 1. The highest BCUT2D eigenvalue weighted by Crippen LogP contribution is 2.25. The van der Waals surface area contributed by atoms with Gasteiger partial charge in [0.1, 0.15) is 5.82 Å². The highest BCUT2D eigenvalue weighted by molar-refractivity contribution is 5.48. The first-order chi connectivity index (χ1) is 7.65. The van der Waals surface area contributed by atoms with Gasteiger partial charge in [-0.25, -0.2) is 4.98 Å². The van der Waals surface area contributed by atoms with Gasteiger partial charge < -0.3 is 16.2 Å². The SMILES string of the molecule is Cc1nc(NCC2CCC(O)C2)ccc1N. The molecule has 88 valence electrons. The second kappa shape index (κ2) is 4.70. The summed E-state index contributed by atoms with van der Waals surface area (Å²) in [6.07, 6.45) is 2.83. The summed E-state index contributed by atoms with van der Waals surface area (Å²) in [5, 5.41) is 12.7. The van der Waals surface area contributed by atoms with Gasteiger partial charge in [-0.15, -0.1) is 0 Å². The Balaban J connectivity index is 1.87. The quantitative estimate of drug-likeness (QED) is 0.724. The molecule has 0 radical (unpaired) electrons. The number of hydrogen-bond donors (Lipinski definition) is 3. The van der Waals surface area contributed by atoms with Crippen molar-refractivity contribution in [1.29, 1.82) is 0 Å². The molecule has 1 aromatic rings. The molecule has 4 heteroatoms. The zero-order valence-corrected chi connectivity index (χ0v) is 9.61. The number of aliphatic hydroxyl groups is 1. The molecule has 0 aromatic carbocycles. The molecule has 1 aliphatic rings. The molecule has 16 heavy (non-hydrogen) atoms. The molecule has 1 aromatic heterocycles. The summed E-state index contributed by atoms with van der Waals surface area (Å²) in [6, 6.07) is 3.77. The summed E-state index contributed by atoms with van der Waals surface area (Å²) < 4.78 is 0. The zero-order chi connectivity index (χ0) is 11.5. The van der Waals surface area contributed by atoms with Crippen LogP contribution in [-0.4, -0.2) is 22.7 Å². The molecule has 0 amide bonds. The summed E-state index contributed by atoms with van der Waals surface area (Å²) in [5.74, 6) is 1.43. The number of nitrogens with zero attached hydrogens (tertiary/aromatic N) is 1. The minimum absolute atomic E-state index is 0.104. The van der Waals surface area contributed by atoms with Gasteiger partial charge in [0.05, 0.1) is 17.5 Å². The lowest BCUT2D eigenvalue weighted by Crippen LogP contribution is -2.13. The van der Waals surface area contributed by atoms with Crippen LogP contribution in [0.25, 0.3) is 0 Å². The van der Waals surface area contributed by atoms with E-state index in [0.29, 0.717) is 5.92 Å². The van der Waals surface area contributed by atoms with Crippen molar-refractivity contribution in [3.63, 3.8) is 0 Å². The number of nitrogen functional groups attached to an aromatic ring is 1. The molecule has 0 bridgehead atoms. The first kappa shape index (κ1) is 11.2. The molecule has 1 fully saturated rings. The fraction of sp³-hybridized carbons (Fsp3) is 0.583. The van der Waals surface area contributed by atoms with Gasteiger partial charge in [-0.1, -0.05) is 0 Å². The van der Waals surface area contributed by atoms with E-state index in [2.05, 4.69) is 10.3 Å². The van der Waals surface area contributed by atoms with Crippen molar-refractivity contribution in [2.24, 2.45) is 5.92 Å². The molecule has 0 aliphatic heterocycles. The Morgan fingerprint density at radius 3 is 2.94 bits per heavy atom. The Bertz CT molecular complexity index is 367. The zero-order valence-electron chi connectivity index (χ0n) is 9.61. The molecule has 1 aliphatic carbocycles. The van der Waals surface area contributed by atoms with Crippen molar-refractivity contribution in [3.8, 4) is 0 Å². The highest BCUT2D eigenvalue weighted by atomic mass is 16.3. The minimum atomic E-state index is -0.104. The number of anilines is 2. The van der Waals surface area contributed by atoms with Gasteiger partial charge in [0, 0.05) is 6.54 Å². The topological polar surface area (TPSA) is 71.2 Å². The lowest BCUT2D eigenvalue weighted by molar-refractivity contribution is 0.178. The number of aromatic nitrogens is 1. The molecule has 2 unspecified atom stereocenters. The third-order valence-electron chi connectivity index (χ3n) is 3.21. The maximum atomic E-state index is 9.42. The van der Waals surface area contributed by atoms with Crippen molar-refractivity contribution in [2.75, 3.05) is 17.6 Å². The number of nitrogens with two attached hydrogens (primary N) is 1. The second-order valence-electron chi connectivity index (χ2n) is 4.58. The fourth-order valence-corrected chi connectivity index (χ4v) is 2.15. The third kappa shape index (κ3) is 2.64. The van der Waals surface area contributed by atoms with E-state index in [-0.39, 0.29) is 6.10 Å². The van der Waals surface area contributed by atoms with Gasteiger partial charge in [0.25, 0.3) is 0 Å². The van der Waals surface area contributed by atoms with E-state index >= 15 is 0 Å². The average Bonchev–Trinajstić information content (AvgIpc) is 2.66. The highest BCUT2D eigenvalue weighted by Gasteiger charge is 2.22. The van der Waals surface area contributed by atoms with E-state index in [1.807, 2.05) is 19.1 Å². The van der Waals surface area contributed by atoms with E-state index in [1.54, 1.807) is 0 Å². The minimum Gasteiger partial charge on any atom is -0.397 e. The van der Waals surface area contributed by atoms with E-state index in [9.17, 15) is 5.11 Å². The van der Waals surface area contributed by atoms with Crippen molar-refractivity contribution < 1.29 is 5.11 Å². The molecule has 2 rings (SSSR count). The number of aliphatic hydroxyl groups excluding tert-OH is 1. The van der Waals surface area contributed by atoms with Crippen molar-refractivity contribution >= 4 is 11.5 Å². The van der Waals surface area contributed by atoms with Crippen LogP contribution in [-0.2, 0) is 0 Å². The lowest BCUT2D eigenvalue weighted by atomic mass is 10.1. The monoisotopic (exact) mass is 221 g/mol. The summed E-state index contributed by atoms with van der Waals surface area (Å²) in [4.78, 5) is 4.35. The van der Waals surface area contributed by atoms with Crippen LogP contribution in [0.4, 0.5) is 11.5 Å². The molecule has 0 saturated heterocycles. The van der Waals surface area contributed by atoms with Crippen molar-refractivity contribution in [3.05, 3.63) is 17.8 Å². The predicted molar refractivity (Wildman–Crippen MR) is 65.2 cm³/mol. The van der Waals surface area contributed by atoms with Crippen LogP contribution >= 0.6 is 0 Å². The number of hydrogen-bond acceptors (Lipinski definition) is 4. The Kier molecular flexibility index (Phi) is 3.29. The van der Waals surface area contributed by atoms with Gasteiger partial charge >= 0.3 is 0 Å². The van der Waals surface area contributed by atoms with E-state index < -0.39 is 0 Å². The average molecular weight is 221 g/mol. The fourth-order valence-electron chi connectivity index (χ4n) is 2.15. The Morgan fingerprint density at radius 2 is 2.31 bits per heavy atom. The first-order valence-electron chi connectivity index (χ1n) is 5.80. The normalized spacial score (nSPS) is 24.6. The Hall–Kier alpha value is -1.29. The van der Waals surface area contributed by atoms with E-state index in [4.69, 9.17) is 5.73 Å². The summed E-state index contributed by atoms with van der Waals surface area (Å²) in [6.45, 7) is 2.78. The van der Waals surface area contributed by atoms with Crippen LogP contribution in [0.5, 0.6) is 0 Å². The van der Waals surface area contributed by atoms with Crippen LogP contribution in [0.2, 0.25) is 0 Å². The van der Waals surface area contributed by atoms with Crippen LogP contribution in [0.15, 0.2) is 12.1 Å². The van der Waals surface area contributed by atoms with Gasteiger partial charge in [0.15, 0.2) is 0 Å². The van der Waals surface area contributed by atoms with E-state index in [0.717, 1.165) is 43.0 Å². The maximum absolute atomic E-state index is 9.42. The van der Waals surface area contributed by atoms with Gasteiger partial charge in [0.2, 0.25) is 0 Å². The van der Waals surface area contributed by atoms with E-state index in [1.165, 1.54) is 0 Å². The van der Waals surface area contributed by atoms with Gasteiger partial charge in [-0.3, -0.25) is 0 Å². The maximum Gasteiger partial charge on any atom is 0.126 e.